The van der Waals surface area contributed by atoms with Gasteiger partial charge in [-0.3, -0.25) is 19.5 Å². The number of aryl methyl sites for hydroxylation is 1. The van der Waals surface area contributed by atoms with Crippen molar-refractivity contribution in [2.24, 2.45) is 4.99 Å². The summed E-state index contributed by atoms with van der Waals surface area (Å²) in [5.74, 6) is -0.416. The Labute approximate surface area is 217 Å². The van der Waals surface area contributed by atoms with E-state index in [1.54, 1.807) is 16.7 Å². The summed E-state index contributed by atoms with van der Waals surface area (Å²) in [4.78, 5) is 29.9. The van der Waals surface area contributed by atoms with E-state index in [1.807, 2.05) is 36.4 Å². The van der Waals surface area contributed by atoms with Gasteiger partial charge in [0.1, 0.15) is 0 Å². The number of benzene rings is 3. The van der Waals surface area contributed by atoms with E-state index in [1.165, 1.54) is 29.0 Å². The van der Waals surface area contributed by atoms with Gasteiger partial charge in [-0.1, -0.05) is 69.7 Å². The lowest BCUT2D eigenvalue weighted by molar-refractivity contribution is -0.385. The van der Waals surface area contributed by atoms with E-state index < -0.39 is 16.4 Å². The van der Waals surface area contributed by atoms with Gasteiger partial charge in [-0.05, 0) is 59.4 Å². The van der Waals surface area contributed by atoms with Crippen molar-refractivity contribution in [2.75, 3.05) is 0 Å². The van der Waals surface area contributed by atoms with Gasteiger partial charge in [0.15, 0.2) is 10.6 Å². The first-order valence-corrected chi connectivity index (χ1v) is 12.9. The smallest absolute Gasteiger partial charge is 0.311 e. The van der Waals surface area contributed by atoms with Gasteiger partial charge in [0, 0.05) is 16.1 Å². The summed E-state index contributed by atoms with van der Waals surface area (Å²) in [6.07, 6.45) is 3.29. The Balaban J connectivity index is 1.60. The van der Waals surface area contributed by atoms with E-state index in [2.05, 4.69) is 28.1 Å². The number of phenols is 1. The fourth-order valence-electron chi connectivity index (χ4n) is 4.90. The normalized spacial score (nSPS) is 16.7. The van der Waals surface area contributed by atoms with Crippen LogP contribution in [0, 0.1) is 10.1 Å². The molecule has 0 saturated heterocycles. The second kappa shape index (κ2) is 8.69. The molecule has 178 valence electrons. The summed E-state index contributed by atoms with van der Waals surface area (Å²) in [6.45, 7) is 0. The highest BCUT2D eigenvalue weighted by Gasteiger charge is 2.32. The van der Waals surface area contributed by atoms with Gasteiger partial charge in [-0.2, -0.15) is 0 Å². The van der Waals surface area contributed by atoms with Crippen LogP contribution in [0.1, 0.15) is 34.7 Å². The molecule has 0 spiro atoms. The molecule has 7 nitrogen and oxygen atoms in total. The Kier molecular flexibility index (Phi) is 5.46. The van der Waals surface area contributed by atoms with Gasteiger partial charge in [0.05, 0.1) is 21.2 Å². The van der Waals surface area contributed by atoms with Gasteiger partial charge in [0.2, 0.25) is 0 Å². The first-order chi connectivity index (χ1) is 17.4. The molecule has 0 amide bonds. The Morgan fingerprint density at radius 2 is 1.89 bits per heavy atom. The lowest BCUT2D eigenvalue weighted by Crippen LogP contribution is -2.38. The number of nitrogens with zero attached hydrogens (tertiary/aromatic N) is 3. The van der Waals surface area contributed by atoms with Crippen LogP contribution in [0.15, 0.2) is 86.6 Å². The number of hydrogen-bond donors (Lipinski definition) is 1. The van der Waals surface area contributed by atoms with E-state index in [-0.39, 0.29) is 11.6 Å². The van der Waals surface area contributed by atoms with Crippen LogP contribution in [0.4, 0.5) is 5.69 Å². The van der Waals surface area contributed by atoms with Gasteiger partial charge in [-0.25, -0.2) is 4.99 Å². The first kappa shape index (κ1) is 22.6. The zero-order valence-electron chi connectivity index (χ0n) is 18.7. The van der Waals surface area contributed by atoms with E-state index in [9.17, 15) is 20.0 Å². The van der Waals surface area contributed by atoms with Crippen LogP contribution in [0.5, 0.6) is 5.75 Å². The molecule has 2 aliphatic rings. The fraction of sp³-hybridized carbons (Fsp3) is 0.111. The zero-order chi connectivity index (χ0) is 25.0. The molecule has 1 atom stereocenters. The summed E-state index contributed by atoms with van der Waals surface area (Å²) in [7, 11) is 0. The van der Waals surface area contributed by atoms with Crippen LogP contribution >= 0.6 is 27.3 Å². The molecule has 6 rings (SSSR count). The van der Waals surface area contributed by atoms with E-state index in [4.69, 9.17) is 4.99 Å². The van der Waals surface area contributed by atoms with Crippen molar-refractivity contribution < 1.29 is 10.0 Å². The monoisotopic (exact) mass is 559 g/mol. The number of halogens is 1. The number of phenolic OH excluding ortho intramolecular Hbond substituents is 1. The Bertz CT molecular complexity index is 1770. The van der Waals surface area contributed by atoms with E-state index in [0.29, 0.717) is 14.9 Å². The van der Waals surface area contributed by atoms with Gasteiger partial charge < -0.3 is 5.11 Å². The SMILES string of the molecule is O=c1c(=Cc2ccc(O)c([N+](=O)[O-])c2)sc2n1C(c1ccc(Br)cc1)C1=C(N=2)c2ccccc2CC1. The molecule has 3 aromatic carbocycles. The third kappa shape index (κ3) is 3.71. The second-order valence-electron chi connectivity index (χ2n) is 8.67. The van der Waals surface area contributed by atoms with E-state index in [0.717, 1.165) is 39.7 Å². The van der Waals surface area contributed by atoms with Crippen molar-refractivity contribution in [3.63, 3.8) is 0 Å². The molecule has 2 heterocycles. The summed E-state index contributed by atoms with van der Waals surface area (Å²) in [5, 5.41) is 21.1. The molecule has 1 N–H and O–H groups in total. The topological polar surface area (TPSA) is 97.7 Å². The number of nitro groups is 1. The molecule has 9 heteroatoms. The third-order valence-electron chi connectivity index (χ3n) is 6.55. The van der Waals surface area contributed by atoms with Crippen LogP contribution in [-0.2, 0) is 6.42 Å². The molecule has 1 aliphatic carbocycles. The highest BCUT2D eigenvalue weighted by atomic mass is 79.9. The standard InChI is InChI=1S/C27H18BrN3O4S/c28-18-9-6-17(7-10-18)25-20-11-8-16-3-1-2-4-19(16)24(20)29-27-30(25)26(33)23(36-27)14-15-5-12-22(32)21(13-15)31(34)35/h1-7,9-10,12-14,25,32H,8,11H2. The highest BCUT2D eigenvalue weighted by molar-refractivity contribution is 9.10. The number of aromatic nitrogens is 1. The zero-order valence-corrected chi connectivity index (χ0v) is 21.1. The van der Waals surface area contributed by atoms with Crippen LogP contribution < -0.4 is 14.9 Å². The number of fused-ring (bicyclic) bond motifs is 3. The number of nitro benzene ring substituents is 1. The number of aromatic hydroxyl groups is 1. The Morgan fingerprint density at radius 3 is 2.67 bits per heavy atom. The molecular formula is C27H18BrN3O4S. The molecule has 36 heavy (non-hydrogen) atoms. The molecular weight excluding hydrogens is 542 g/mol. The average molecular weight is 560 g/mol. The lowest BCUT2D eigenvalue weighted by Gasteiger charge is -2.30. The van der Waals surface area contributed by atoms with Crippen molar-refractivity contribution >= 4 is 44.7 Å². The van der Waals surface area contributed by atoms with Gasteiger partial charge in [-0.15, -0.1) is 0 Å². The molecule has 0 radical (unpaired) electrons. The quantitative estimate of drug-likeness (QED) is 0.290. The van der Waals surface area contributed by atoms with Crippen molar-refractivity contribution in [3.8, 4) is 5.75 Å². The maximum absolute atomic E-state index is 13.7. The summed E-state index contributed by atoms with van der Waals surface area (Å²) < 4.78 is 3.11. The summed E-state index contributed by atoms with van der Waals surface area (Å²) in [6, 6.07) is 20.0. The minimum Gasteiger partial charge on any atom is -0.502 e. The molecule has 1 aromatic heterocycles. The van der Waals surface area contributed by atoms with Crippen LogP contribution in [0.2, 0.25) is 0 Å². The molecule has 1 aliphatic heterocycles. The summed E-state index contributed by atoms with van der Waals surface area (Å²) in [5.41, 5.74) is 5.20. The van der Waals surface area contributed by atoms with Crippen molar-refractivity contribution in [1.82, 2.24) is 4.57 Å². The lowest BCUT2D eigenvalue weighted by atomic mass is 9.83. The molecule has 0 bridgehead atoms. The predicted octanol–water partition coefficient (Wildman–Crippen LogP) is 4.70. The van der Waals surface area contributed by atoms with E-state index >= 15 is 0 Å². The van der Waals surface area contributed by atoms with Crippen LogP contribution in [0.25, 0.3) is 11.8 Å². The minimum atomic E-state index is -0.646. The average Bonchev–Trinajstić information content (AvgIpc) is 3.18. The van der Waals surface area contributed by atoms with Crippen molar-refractivity contribution in [1.29, 1.82) is 0 Å². The largest absolute Gasteiger partial charge is 0.502 e. The van der Waals surface area contributed by atoms with Gasteiger partial charge in [0.25, 0.3) is 5.56 Å². The summed E-state index contributed by atoms with van der Waals surface area (Å²) >= 11 is 4.76. The van der Waals surface area contributed by atoms with Gasteiger partial charge >= 0.3 is 5.69 Å². The fourth-order valence-corrected chi connectivity index (χ4v) is 6.16. The Hall–Kier alpha value is -3.82. The first-order valence-electron chi connectivity index (χ1n) is 11.3. The number of hydrogen-bond acceptors (Lipinski definition) is 6. The minimum absolute atomic E-state index is 0.201. The van der Waals surface area contributed by atoms with Crippen molar-refractivity contribution in [3.05, 3.63) is 129 Å². The second-order valence-corrected chi connectivity index (χ2v) is 10.6. The van der Waals surface area contributed by atoms with Crippen LogP contribution in [0.3, 0.4) is 0 Å². The highest BCUT2D eigenvalue weighted by Crippen LogP contribution is 2.41. The third-order valence-corrected chi connectivity index (χ3v) is 8.06. The molecule has 4 aromatic rings. The Morgan fingerprint density at radius 1 is 1.11 bits per heavy atom. The maximum Gasteiger partial charge on any atom is 0.311 e. The molecule has 1 unspecified atom stereocenters. The maximum atomic E-state index is 13.7. The number of rotatable bonds is 3. The molecule has 0 saturated carbocycles. The van der Waals surface area contributed by atoms with Crippen LogP contribution in [-0.4, -0.2) is 14.6 Å². The molecule has 0 fully saturated rings. The predicted molar refractivity (Wildman–Crippen MR) is 142 cm³/mol. The van der Waals surface area contributed by atoms with Crippen molar-refractivity contribution in [2.45, 2.75) is 18.9 Å². The number of thiazole rings is 1. The number of allylic oxidation sites excluding steroid dienone is 1.